The lowest BCUT2D eigenvalue weighted by molar-refractivity contribution is -0.00603. The Bertz CT molecular complexity index is 868. The summed E-state index contributed by atoms with van der Waals surface area (Å²) < 4.78 is 34.0. The highest BCUT2D eigenvalue weighted by Gasteiger charge is 2.45. The van der Waals surface area contributed by atoms with Gasteiger partial charge in [0.1, 0.15) is 11.4 Å². The molecule has 0 aromatic carbocycles. The van der Waals surface area contributed by atoms with Crippen molar-refractivity contribution in [3.05, 3.63) is 17.1 Å². The summed E-state index contributed by atoms with van der Waals surface area (Å²) in [7, 11) is 0. The molecule has 2 fully saturated rings. The molecule has 26 heavy (non-hydrogen) atoms. The summed E-state index contributed by atoms with van der Waals surface area (Å²) in [6, 6.07) is -0.224. The van der Waals surface area contributed by atoms with Crippen molar-refractivity contribution in [1.82, 2.24) is 25.4 Å². The van der Waals surface area contributed by atoms with Gasteiger partial charge in [-0.2, -0.15) is 13.8 Å². The van der Waals surface area contributed by atoms with Crippen LogP contribution in [0.2, 0.25) is 0 Å². The largest absolute Gasteiger partial charge is 0.389 e. The quantitative estimate of drug-likeness (QED) is 0.826. The predicted octanol–water partition coefficient (Wildman–Crippen LogP) is 0.821. The first-order valence-electron chi connectivity index (χ1n) is 8.72. The Labute approximate surface area is 147 Å². The first kappa shape index (κ1) is 16.0. The standard InChI is InChI=1S/C16H18F2N6O2/c1-7-10(25)6-24(7)15-20-11(9-2-3-16(17,18)12(9)21-15)13-22-14(26-23-13)8-4-19-5-8/h7-8,10,19,25H,2-6H2,1H3/t7-,10+/m0/s1. The van der Waals surface area contributed by atoms with Crippen LogP contribution in [-0.2, 0) is 12.3 Å². The van der Waals surface area contributed by atoms with Crippen molar-refractivity contribution < 1.29 is 18.4 Å². The first-order valence-corrected chi connectivity index (χ1v) is 8.72. The Kier molecular flexibility index (Phi) is 3.32. The number of fused-ring (bicyclic) bond motifs is 1. The van der Waals surface area contributed by atoms with Crippen molar-refractivity contribution >= 4 is 5.95 Å². The number of rotatable bonds is 3. The average molecular weight is 364 g/mol. The van der Waals surface area contributed by atoms with Gasteiger partial charge in [0.15, 0.2) is 0 Å². The van der Waals surface area contributed by atoms with Crippen LogP contribution in [0.3, 0.4) is 0 Å². The number of hydrogen-bond acceptors (Lipinski definition) is 8. The number of halogens is 2. The summed E-state index contributed by atoms with van der Waals surface area (Å²) in [5.41, 5.74) is 0.423. The lowest BCUT2D eigenvalue weighted by Crippen LogP contribution is -2.59. The van der Waals surface area contributed by atoms with Gasteiger partial charge in [0.25, 0.3) is 5.92 Å². The summed E-state index contributed by atoms with van der Waals surface area (Å²) in [5, 5.41) is 16.8. The van der Waals surface area contributed by atoms with Gasteiger partial charge in [-0.1, -0.05) is 5.16 Å². The third-order valence-corrected chi connectivity index (χ3v) is 5.50. The maximum Gasteiger partial charge on any atom is 0.290 e. The molecule has 1 aliphatic carbocycles. The zero-order chi connectivity index (χ0) is 18.1. The van der Waals surface area contributed by atoms with Crippen molar-refractivity contribution in [1.29, 1.82) is 0 Å². The van der Waals surface area contributed by atoms with Crippen molar-refractivity contribution in [2.75, 3.05) is 24.5 Å². The number of anilines is 1. The number of aromatic nitrogens is 4. The van der Waals surface area contributed by atoms with E-state index in [9.17, 15) is 13.9 Å². The molecule has 0 amide bonds. The van der Waals surface area contributed by atoms with Gasteiger partial charge in [0, 0.05) is 31.6 Å². The molecule has 138 valence electrons. The number of β-amino-alcohol motifs (C(OH)–C–C–N with tert-alkyl or cyclic N) is 1. The lowest BCUT2D eigenvalue weighted by Gasteiger charge is -2.43. The molecule has 2 aromatic heterocycles. The van der Waals surface area contributed by atoms with Crippen molar-refractivity contribution in [3.8, 4) is 11.5 Å². The molecule has 0 bridgehead atoms. The molecular formula is C16H18F2N6O2. The van der Waals surface area contributed by atoms with Crippen LogP contribution < -0.4 is 10.2 Å². The van der Waals surface area contributed by atoms with Gasteiger partial charge >= 0.3 is 0 Å². The summed E-state index contributed by atoms with van der Waals surface area (Å²) in [6.45, 7) is 3.64. The predicted molar refractivity (Wildman–Crippen MR) is 86.0 cm³/mol. The average Bonchev–Trinajstić information content (AvgIpc) is 3.15. The highest BCUT2D eigenvalue weighted by atomic mass is 19.3. The van der Waals surface area contributed by atoms with E-state index >= 15 is 0 Å². The minimum Gasteiger partial charge on any atom is -0.389 e. The molecule has 2 N–H and O–H groups in total. The third kappa shape index (κ3) is 2.25. The SMILES string of the molecule is C[C@H]1[C@H](O)CN1c1nc(-c2noc(C3CNC3)n2)c2c(n1)C(F)(F)CC2. The van der Waals surface area contributed by atoms with E-state index in [1.165, 1.54) is 0 Å². The fraction of sp³-hybridized carbons (Fsp3) is 0.625. The van der Waals surface area contributed by atoms with Gasteiger partial charge in [-0.3, -0.25) is 0 Å². The summed E-state index contributed by atoms with van der Waals surface area (Å²) in [5.74, 6) is -1.96. The number of alkyl halides is 2. The molecule has 2 atom stereocenters. The van der Waals surface area contributed by atoms with Gasteiger partial charge in [-0.05, 0) is 13.3 Å². The van der Waals surface area contributed by atoms with Crippen LogP contribution in [0.5, 0.6) is 0 Å². The highest BCUT2D eigenvalue weighted by Crippen LogP contribution is 2.44. The second-order valence-electron chi connectivity index (χ2n) is 7.18. The molecular weight excluding hydrogens is 346 g/mol. The number of nitrogens with one attached hydrogen (secondary N) is 1. The molecule has 0 radical (unpaired) electrons. The summed E-state index contributed by atoms with van der Waals surface area (Å²) in [4.78, 5) is 14.7. The Morgan fingerprint density at radius 2 is 2.08 bits per heavy atom. The minimum atomic E-state index is -3.00. The molecule has 5 rings (SSSR count). The number of nitrogens with zero attached hydrogens (tertiary/aromatic N) is 5. The zero-order valence-corrected chi connectivity index (χ0v) is 14.1. The normalized spacial score (nSPS) is 27.2. The maximum atomic E-state index is 14.3. The molecule has 3 aliphatic rings. The first-order chi connectivity index (χ1) is 12.4. The van der Waals surface area contributed by atoms with E-state index in [0.29, 0.717) is 23.7 Å². The van der Waals surface area contributed by atoms with Crippen LogP contribution >= 0.6 is 0 Å². The van der Waals surface area contributed by atoms with E-state index in [1.54, 1.807) is 11.8 Å². The molecule has 2 saturated heterocycles. The second kappa shape index (κ2) is 5.40. The lowest BCUT2D eigenvalue weighted by atomic mass is 10.0. The molecule has 10 heteroatoms. The smallest absolute Gasteiger partial charge is 0.290 e. The van der Waals surface area contributed by atoms with Crippen LogP contribution in [0, 0.1) is 0 Å². The van der Waals surface area contributed by atoms with E-state index in [1.807, 2.05) is 0 Å². The van der Waals surface area contributed by atoms with Crippen LogP contribution in [0.15, 0.2) is 4.52 Å². The Hall–Kier alpha value is -2.20. The zero-order valence-electron chi connectivity index (χ0n) is 14.1. The summed E-state index contributed by atoms with van der Waals surface area (Å²) in [6.07, 6.45) is -0.646. The molecule has 0 saturated carbocycles. The number of aliphatic hydroxyl groups is 1. The number of hydrogen-bond donors (Lipinski definition) is 2. The molecule has 0 unspecified atom stereocenters. The fourth-order valence-corrected chi connectivity index (χ4v) is 3.54. The Morgan fingerprint density at radius 3 is 2.73 bits per heavy atom. The molecule has 8 nitrogen and oxygen atoms in total. The summed E-state index contributed by atoms with van der Waals surface area (Å²) >= 11 is 0. The van der Waals surface area contributed by atoms with Crippen molar-refractivity contribution in [2.45, 2.75) is 43.8 Å². The fourth-order valence-electron chi connectivity index (χ4n) is 3.54. The Morgan fingerprint density at radius 1 is 1.27 bits per heavy atom. The number of aliphatic hydroxyl groups excluding tert-OH is 1. The maximum absolute atomic E-state index is 14.3. The van der Waals surface area contributed by atoms with Crippen LogP contribution in [0.25, 0.3) is 11.5 Å². The van der Waals surface area contributed by atoms with Crippen molar-refractivity contribution in [2.24, 2.45) is 0 Å². The van der Waals surface area contributed by atoms with Gasteiger partial charge in [-0.15, -0.1) is 0 Å². The van der Waals surface area contributed by atoms with E-state index in [-0.39, 0.29) is 42.3 Å². The Balaban J connectivity index is 1.60. The third-order valence-electron chi connectivity index (χ3n) is 5.50. The van der Waals surface area contributed by atoms with Crippen LogP contribution in [0.4, 0.5) is 14.7 Å². The topological polar surface area (TPSA) is 100 Å². The van der Waals surface area contributed by atoms with E-state index < -0.39 is 12.0 Å². The van der Waals surface area contributed by atoms with Gasteiger partial charge in [0.2, 0.25) is 17.7 Å². The van der Waals surface area contributed by atoms with Crippen LogP contribution in [0.1, 0.15) is 36.4 Å². The van der Waals surface area contributed by atoms with E-state index in [0.717, 1.165) is 13.1 Å². The monoisotopic (exact) mass is 364 g/mol. The van der Waals surface area contributed by atoms with E-state index in [2.05, 4.69) is 25.4 Å². The second-order valence-corrected chi connectivity index (χ2v) is 7.18. The van der Waals surface area contributed by atoms with Gasteiger partial charge in [-0.25, -0.2) is 9.97 Å². The molecule has 0 spiro atoms. The minimum absolute atomic E-state index is 0.151. The molecule has 2 aliphatic heterocycles. The van der Waals surface area contributed by atoms with Gasteiger partial charge in [0.05, 0.1) is 18.1 Å². The van der Waals surface area contributed by atoms with Crippen LogP contribution in [-0.4, -0.2) is 57.0 Å². The molecule has 2 aromatic rings. The van der Waals surface area contributed by atoms with E-state index in [4.69, 9.17) is 4.52 Å². The highest BCUT2D eigenvalue weighted by molar-refractivity contribution is 5.61. The van der Waals surface area contributed by atoms with Gasteiger partial charge < -0.3 is 19.8 Å². The molecule has 4 heterocycles. The van der Waals surface area contributed by atoms with Crippen molar-refractivity contribution in [3.63, 3.8) is 0 Å².